The Morgan fingerprint density at radius 1 is 1.33 bits per heavy atom. The van der Waals surface area contributed by atoms with Gasteiger partial charge in [0.1, 0.15) is 5.75 Å². The van der Waals surface area contributed by atoms with Crippen LogP contribution in [0.1, 0.15) is 28.2 Å². The number of carboxylic acid groups (broad SMARTS) is 1. The third kappa shape index (κ3) is 4.56. The summed E-state index contributed by atoms with van der Waals surface area (Å²) in [6.45, 7) is 4.72. The number of aliphatic carboxylic acids is 1. The fourth-order valence-corrected chi connectivity index (χ4v) is 2.96. The van der Waals surface area contributed by atoms with E-state index < -0.39 is 5.97 Å². The molecule has 0 atom stereocenters. The summed E-state index contributed by atoms with van der Waals surface area (Å²) in [7, 11) is 0. The first-order chi connectivity index (χ1) is 10.1. The zero-order valence-electron chi connectivity index (χ0n) is 12.3. The second kappa shape index (κ2) is 7.22. The molecule has 4 nitrogen and oxygen atoms in total. The van der Waals surface area contributed by atoms with Gasteiger partial charge in [-0.3, -0.25) is 4.79 Å². The van der Waals surface area contributed by atoms with Crippen LogP contribution in [0.3, 0.4) is 0 Å². The Labute approximate surface area is 128 Å². The molecule has 0 aliphatic rings. The lowest BCUT2D eigenvalue weighted by Gasteiger charge is -2.11. The van der Waals surface area contributed by atoms with Gasteiger partial charge in [0, 0.05) is 11.8 Å². The summed E-state index contributed by atoms with van der Waals surface area (Å²) in [6.07, 6.45) is 1.68. The number of benzene rings is 1. The Balaban J connectivity index is 1.79. The highest BCUT2D eigenvalue weighted by atomic mass is 32.1. The number of aromatic nitrogens is 1. The molecule has 21 heavy (non-hydrogen) atoms. The van der Waals surface area contributed by atoms with E-state index in [-0.39, 0.29) is 6.42 Å². The number of para-hydroxylation sites is 1. The van der Waals surface area contributed by atoms with Gasteiger partial charge in [-0.1, -0.05) is 18.2 Å². The van der Waals surface area contributed by atoms with Crippen molar-refractivity contribution in [2.24, 2.45) is 0 Å². The average Bonchev–Trinajstić information content (AvgIpc) is 2.84. The summed E-state index contributed by atoms with van der Waals surface area (Å²) in [5, 5.41) is 11.5. The summed E-state index contributed by atoms with van der Waals surface area (Å²) >= 11 is 1.51. The first kappa shape index (κ1) is 15.5. The molecule has 1 heterocycles. The molecular formula is C16H19NO3S. The molecule has 0 spiro atoms. The molecule has 0 aliphatic carbocycles. The number of nitrogens with zero attached hydrogens (tertiary/aromatic N) is 1. The number of carboxylic acids is 1. The van der Waals surface area contributed by atoms with Gasteiger partial charge in [-0.15, -0.1) is 11.3 Å². The number of hydrogen-bond acceptors (Lipinski definition) is 4. The van der Waals surface area contributed by atoms with Crippen molar-refractivity contribution in [1.29, 1.82) is 0 Å². The molecule has 2 rings (SSSR count). The molecule has 1 aromatic heterocycles. The Bertz CT molecular complexity index is 601. The van der Waals surface area contributed by atoms with Gasteiger partial charge in [-0.25, -0.2) is 4.98 Å². The van der Waals surface area contributed by atoms with Crippen LogP contribution in [0.2, 0.25) is 0 Å². The number of aryl methyl sites for hydroxylation is 3. The van der Waals surface area contributed by atoms with E-state index in [1.807, 2.05) is 37.4 Å². The molecule has 0 fully saturated rings. The fourth-order valence-electron chi connectivity index (χ4n) is 2.12. The van der Waals surface area contributed by atoms with Gasteiger partial charge < -0.3 is 9.84 Å². The van der Waals surface area contributed by atoms with Crippen molar-refractivity contribution in [2.45, 2.75) is 33.1 Å². The normalized spacial score (nSPS) is 10.6. The van der Waals surface area contributed by atoms with Crippen LogP contribution in [0.25, 0.3) is 0 Å². The number of hydrogen-bond donors (Lipinski definition) is 1. The highest BCUT2D eigenvalue weighted by Crippen LogP contribution is 2.22. The second-order valence-electron chi connectivity index (χ2n) is 4.98. The minimum absolute atomic E-state index is 0.00456. The lowest BCUT2D eigenvalue weighted by atomic mass is 10.1. The summed E-state index contributed by atoms with van der Waals surface area (Å²) < 4.78 is 5.84. The molecular weight excluding hydrogens is 286 g/mol. The number of carbonyl (C=O) groups is 1. The quantitative estimate of drug-likeness (QED) is 0.797. The first-order valence-corrected chi connectivity index (χ1v) is 7.78. The van der Waals surface area contributed by atoms with Crippen molar-refractivity contribution >= 4 is 17.3 Å². The summed E-state index contributed by atoms with van der Waals surface area (Å²) in [4.78, 5) is 14.9. The van der Waals surface area contributed by atoms with Crippen LogP contribution in [0.5, 0.6) is 5.75 Å². The third-order valence-electron chi connectivity index (χ3n) is 3.12. The van der Waals surface area contributed by atoms with Crippen LogP contribution in [-0.4, -0.2) is 22.7 Å². The summed E-state index contributed by atoms with van der Waals surface area (Å²) in [6, 6.07) is 6.11. The largest absolute Gasteiger partial charge is 0.493 e. The van der Waals surface area contributed by atoms with E-state index in [9.17, 15) is 4.79 Å². The molecule has 0 saturated heterocycles. The monoisotopic (exact) mass is 305 g/mol. The lowest BCUT2D eigenvalue weighted by Crippen LogP contribution is -2.03. The van der Waals surface area contributed by atoms with E-state index in [2.05, 4.69) is 4.98 Å². The predicted molar refractivity (Wildman–Crippen MR) is 83.2 cm³/mol. The van der Waals surface area contributed by atoms with Crippen molar-refractivity contribution in [2.75, 3.05) is 6.61 Å². The van der Waals surface area contributed by atoms with E-state index in [0.717, 1.165) is 34.7 Å². The van der Waals surface area contributed by atoms with Gasteiger partial charge >= 0.3 is 5.97 Å². The standard InChI is InChI=1S/C16H19NO3S/c1-11-5-3-6-12(2)16(11)20-8-4-7-14-17-13(10-21-14)9-15(18)19/h3,5-6,10H,4,7-9H2,1-2H3,(H,18,19). The van der Waals surface area contributed by atoms with Crippen LogP contribution in [0.4, 0.5) is 0 Å². The van der Waals surface area contributed by atoms with E-state index in [1.54, 1.807) is 0 Å². The van der Waals surface area contributed by atoms with Crippen LogP contribution < -0.4 is 4.74 Å². The van der Waals surface area contributed by atoms with Crippen LogP contribution in [-0.2, 0) is 17.6 Å². The SMILES string of the molecule is Cc1cccc(C)c1OCCCc1nc(CC(=O)O)cs1. The van der Waals surface area contributed by atoms with Crippen LogP contribution in [0.15, 0.2) is 23.6 Å². The molecule has 0 aliphatic heterocycles. The van der Waals surface area contributed by atoms with Gasteiger partial charge in [-0.2, -0.15) is 0 Å². The Kier molecular flexibility index (Phi) is 5.33. The summed E-state index contributed by atoms with van der Waals surface area (Å²) in [5.41, 5.74) is 2.93. The van der Waals surface area contributed by atoms with Crippen molar-refractivity contribution in [3.05, 3.63) is 45.4 Å². The molecule has 0 amide bonds. The highest BCUT2D eigenvalue weighted by molar-refractivity contribution is 7.09. The molecule has 0 bridgehead atoms. The third-order valence-corrected chi connectivity index (χ3v) is 4.08. The van der Waals surface area contributed by atoms with E-state index in [4.69, 9.17) is 9.84 Å². The molecule has 5 heteroatoms. The van der Waals surface area contributed by atoms with E-state index >= 15 is 0 Å². The lowest BCUT2D eigenvalue weighted by molar-refractivity contribution is -0.136. The van der Waals surface area contributed by atoms with Crippen LogP contribution >= 0.6 is 11.3 Å². The topological polar surface area (TPSA) is 59.4 Å². The molecule has 1 aromatic carbocycles. The van der Waals surface area contributed by atoms with E-state index in [0.29, 0.717) is 12.3 Å². The fraction of sp³-hybridized carbons (Fsp3) is 0.375. The number of ether oxygens (including phenoxy) is 1. The Hall–Kier alpha value is -1.88. The first-order valence-electron chi connectivity index (χ1n) is 6.90. The van der Waals surface area contributed by atoms with Crippen molar-refractivity contribution < 1.29 is 14.6 Å². The minimum Gasteiger partial charge on any atom is -0.493 e. The smallest absolute Gasteiger partial charge is 0.309 e. The van der Waals surface area contributed by atoms with Crippen molar-refractivity contribution in [3.8, 4) is 5.75 Å². The van der Waals surface area contributed by atoms with Gasteiger partial charge in [-0.05, 0) is 31.4 Å². The average molecular weight is 305 g/mol. The highest BCUT2D eigenvalue weighted by Gasteiger charge is 2.07. The Morgan fingerprint density at radius 2 is 2.05 bits per heavy atom. The maximum atomic E-state index is 10.6. The molecule has 112 valence electrons. The molecule has 0 saturated carbocycles. The van der Waals surface area contributed by atoms with Crippen molar-refractivity contribution in [1.82, 2.24) is 4.98 Å². The number of thiazole rings is 1. The Morgan fingerprint density at radius 3 is 2.71 bits per heavy atom. The van der Waals surface area contributed by atoms with Gasteiger partial charge in [0.2, 0.25) is 0 Å². The zero-order valence-corrected chi connectivity index (χ0v) is 13.1. The molecule has 2 aromatic rings. The second-order valence-corrected chi connectivity index (χ2v) is 5.92. The van der Waals surface area contributed by atoms with E-state index in [1.165, 1.54) is 11.3 Å². The van der Waals surface area contributed by atoms with Crippen molar-refractivity contribution in [3.63, 3.8) is 0 Å². The minimum atomic E-state index is -0.842. The number of rotatable bonds is 7. The van der Waals surface area contributed by atoms with Gasteiger partial charge in [0.25, 0.3) is 0 Å². The van der Waals surface area contributed by atoms with Crippen LogP contribution in [0, 0.1) is 13.8 Å². The van der Waals surface area contributed by atoms with Gasteiger partial charge in [0.05, 0.1) is 23.7 Å². The molecule has 0 unspecified atom stereocenters. The molecule has 0 radical (unpaired) electrons. The summed E-state index contributed by atoms with van der Waals surface area (Å²) in [5.74, 6) is 0.119. The molecule has 1 N–H and O–H groups in total. The maximum absolute atomic E-state index is 10.6. The maximum Gasteiger partial charge on any atom is 0.309 e. The predicted octanol–water partition coefficient (Wildman–Crippen LogP) is 3.40. The zero-order chi connectivity index (χ0) is 15.2. The van der Waals surface area contributed by atoms with Gasteiger partial charge in [0.15, 0.2) is 0 Å².